The van der Waals surface area contributed by atoms with Gasteiger partial charge < -0.3 is 15.5 Å². The minimum Gasteiger partial charge on any atom is -0.339 e. The van der Waals surface area contributed by atoms with Crippen molar-refractivity contribution >= 4 is 27.6 Å². The van der Waals surface area contributed by atoms with Crippen LogP contribution >= 0.6 is 0 Å². The average Bonchev–Trinajstić information content (AvgIpc) is 2.74. The van der Waals surface area contributed by atoms with Crippen molar-refractivity contribution in [2.45, 2.75) is 18.7 Å². The van der Waals surface area contributed by atoms with Crippen molar-refractivity contribution < 1.29 is 18.0 Å². The van der Waals surface area contributed by atoms with Crippen LogP contribution in [0.25, 0.3) is 0 Å². The molecule has 2 N–H and O–H groups in total. The van der Waals surface area contributed by atoms with Gasteiger partial charge >= 0.3 is 6.03 Å². The number of carbonyl (C=O) groups excluding carboxylic acids is 2. The highest BCUT2D eigenvalue weighted by molar-refractivity contribution is 7.89. The SMILES string of the molecule is Cc1ccc(C)c(S(=O)(=O)N2CCN(C(=O)CNC(=O)Nc3ccccc3)CC2)c1. The van der Waals surface area contributed by atoms with E-state index in [-0.39, 0.29) is 38.6 Å². The molecule has 0 atom stereocenters. The molecule has 3 rings (SSSR count). The molecular weight excluding hydrogens is 404 g/mol. The Morgan fingerprint density at radius 2 is 1.63 bits per heavy atom. The molecule has 0 saturated carbocycles. The van der Waals surface area contributed by atoms with Gasteiger partial charge in [0.2, 0.25) is 15.9 Å². The first kappa shape index (κ1) is 21.8. The molecular formula is C21H26N4O4S. The van der Waals surface area contributed by atoms with Gasteiger partial charge in [-0.05, 0) is 43.2 Å². The maximum absolute atomic E-state index is 13.0. The van der Waals surface area contributed by atoms with Gasteiger partial charge in [0, 0.05) is 31.9 Å². The van der Waals surface area contributed by atoms with E-state index in [0.29, 0.717) is 16.1 Å². The summed E-state index contributed by atoms with van der Waals surface area (Å²) in [5, 5.41) is 5.18. The molecule has 3 amide bonds. The summed E-state index contributed by atoms with van der Waals surface area (Å²) < 4.78 is 27.4. The number of sulfonamides is 1. The summed E-state index contributed by atoms with van der Waals surface area (Å²) in [4.78, 5) is 26.2. The van der Waals surface area contributed by atoms with E-state index in [2.05, 4.69) is 10.6 Å². The molecule has 1 fully saturated rings. The van der Waals surface area contributed by atoms with E-state index in [4.69, 9.17) is 0 Å². The third-order valence-electron chi connectivity index (χ3n) is 4.98. The summed E-state index contributed by atoms with van der Waals surface area (Å²) in [5.41, 5.74) is 2.22. The largest absolute Gasteiger partial charge is 0.339 e. The summed E-state index contributed by atoms with van der Waals surface area (Å²) in [6, 6.07) is 13.8. The molecule has 160 valence electrons. The summed E-state index contributed by atoms with van der Waals surface area (Å²) in [5.74, 6) is -0.248. The zero-order valence-electron chi connectivity index (χ0n) is 17.1. The first-order chi connectivity index (χ1) is 14.3. The molecule has 0 aromatic heterocycles. The molecule has 1 aliphatic rings. The monoisotopic (exact) mass is 430 g/mol. The zero-order chi connectivity index (χ0) is 21.7. The number of benzene rings is 2. The quantitative estimate of drug-likeness (QED) is 0.758. The number of rotatable bonds is 5. The molecule has 30 heavy (non-hydrogen) atoms. The maximum atomic E-state index is 13.0. The predicted molar refractivity (Wildman–Crippen MR) is 115 cm³/mol. The zero-order valence-corrected chi connectivity index (χ0v) is 17.9. The Bertz CT molecular complexity index is 1020. The van der Waals surface area contributed by atoms with Gasteiger partial charge in [-0.2, -0.15) is 4.31 Å². The van der Waals surface area contributed by atoms with Crippen LogP contribution in [0.2, 0.25) is 0 Å². The van der Waals surface area contributed by atoms with Crippen molar-refractivity contribution in [3.05, 3.63) is 59.7 Å². The van der Waals surface area contributed by atoms with E-state index >= 15 is 0 Å². The molecule has 0 unspecified atom stereocenters. The van der Waals surface area contributed by atoms with Gasteiger partial charge in [0.15, 0.2) is 0 Å². The van der Waals surface area contributed by atoms with Crippen molar-refractivity contribution in [1.82, 2.24) is 14.5 Å². The van der Waals surface area contributed by atoms with Crippen LogP contribution in [0.4, 0.5) is 10.5 Å². The molecule has 0 bridgehead atoms. The Balaban J connectivity index is 1.51. The third-order valence-corrected chi connectivity index (χ3v) is 7.03. The van der Waals surface area contributed by atoms with Crippen LogP contribution < -0.4 is 10.6 Å². The predicted octanol–water partition coefficient (Wildman–Crippen LogP) is 1.96. The number of aryl methyl sites for hydroxylation is 2. The van der Waals surface area contributed by atoms with Crippen LogP contribution in [0.15, 0.2) is 53.4 Å². The summed E-state index contributed by atoms with van der Waals surface area (Å²) in [6.45, 7) is 4.49. The van der Waals surface area contributed by atoms with Gasteiger partial charge in [0.05, 0.1) is 11.4 Å². The standard InChI is InChI=1S/C21H26N4O4S/c1-16-8-9-17(2)19(14-16)30(28,29)25-12-10-24(11-13-25)20(26)15-22-21(27)23-18-6-4-3-5-7-18/h3-9,14H,10-13,15H2,1-2H3,(H2,22,23,27). The summed E-state index contributed by atoms with van der Waals surface area (Å²) in [7, 11) is -3.61. The number of para-hydroxylation sites is 1. The molecule has 1 saturated heterocycles. The summed E-state index contributed by atoms with van der Waals surface area (Å²) in [6.07, 6.45) is 0. The number of urea groups is 1. The Morgan fingerprint density at radius 3 is 2.30 bits per heavy atom. The fourth-order valence-electron chi connectivity index (χ4n) is 3.27. The van der Waals surface area contributed by atoms with Crippen LogP contribution in [-0.2, 0) is 14.8 Å². The Kier molecular flexibility index (Phi) is 6.73. The smallest absolute Gasteiger partial charge is 0.319 e. The van der Waals surface area contributed by atoms with Crippen LogP contribution in [0.5, 0.6) is 0 Å². The van der Waals surface area contributed by atoms with Crippen molar-refractivity contribution in [3.8, 4) is 0 Å². The van der Waals surface area contributed by atoms with Crippen LogP contribution in [-0.4, -0.2) is 62.3 Å². The topological polar surface area (TPSA) is 98.8 Å². The van der Waals surface area contributed by atoms with E-state index in [1.165, 1.54) is 4.31 Å². The fourth-order valence-corrected chi connectivity index (χ4v) is 5.00. The van der Waals surface area contributed by atoms with Crippen molar-refractivity contribution in [3.63, 3.8) is 0 Å². The number of nitrogens with one attached hydrogen (secondary N) is 2. The van der Waals surface area contributed by atoms with Crippen LogP contribution in [0, 0.1) is 13.8 Å². The first-order valence-electron chi connectivity index (χ1n) is 9.72. The minimum atomic E-state index is -3.61. The van der Waals surface area contributed by atoms with E-state index in [0.717, 1.165) is 5.56 Å². The van der Waals surface area contributed by atoms with Crippen molar-refractivity contribution in [2.75, 3.05) is 38.0 Å². The molecule has 0 spiro atoms. The lowest BCUT2D eigenvalue weighted by Gasteiger charge is -2.34. The van der Waals surface area contributed by atoms with E-state index in [1.807, 2.05) is 19.1 Å². The molecule has 0 aliphatic carbocycles. The Labute approximate surface area is 176 Å². The van der Waals surface area contributed by atoms with Gasteiger partial charge in [0.25, 0.3) is 0 Å². The van der Waals surface area contributed by atoms with E-state index < -0.39 is 16.1 Å². The lowest BCUT2D eigenvalue weighted by molar-refractivity contribution is -0.131. The highest BCUT2D eigenvalue weighted by Gasteiger charge is 2.31. The van der Waals surface area contributed by atoms with Crippen molar-refractivity contribution in [1.29, 1.82) is 0 Å². The normalized spacial score (nSPS) is 14.9. The molecule has 1 heterocycles. The third kappa shape index (κ3) is 5.17. The van der Waals surface area contributed by atoms with Crippen LogP contribution in [0.1, 0.15) is 11.1 Å². The van der Waals surface area contributed by atoms with E-state index in [9.17, 15) is 18.0 Å². The fraction of sp³-hybridized carbons (Fsp3) is 0.333. The average molecular weight is 431 g/mol. The van der Waals surface area contributed by atoms with Gasteiger partial charge in [-0.3, -0.25) is 4.79 Å². The number of nitrogens with zero attached hydrogens (tertiary/aromatic N) is 2. The Morgan fingerprint density at radius 1 is 0.967 bits per heavy atom. The molecule has 9 heteroatoms. The highest BCUT2D eigenvalue weighted by Crippen LogP contribution is 2.22. The molecule has 2 aromatic carbocycles. The highest BCUT2D eigenvalue weighted by atomic mass is 32.2. The summed E-state index contributed by atoms with van der Waals surface area (Å²) >= 11 is 0. The second-order valence-corrected chi connectivity index (χ2v) is 9.13. The second-order valence-electron chi connectivity index (χ2n) is 7.23. The molecule has 8 nitrogen and oxygen atoms in total. The number of anilines is 1. The number of piperazine rings is 1. The first-order valence-corrected chi connectivity index (χ1v) is 11.2. The molecule has 0 radical (unpaired) electrons. The number of amides is 3. The van der Waals surface area contributed by atoms with Gasteiger partial charge in [0.1, 0.15) is 0 Å². The number of hydrogen-bond acceptors (Lipinski definition) is 4. The van der Waals surface area contributed by atoms with Crippen LogP contribution in [0.3, 0.4) is 0 Å². The lowest BCUT2D eigenvalue weighted by atomic mass is 10.2. The molecule has 2 aromatic rings. The van der Waals surface area contributed by atoms with Crippen molar-refractivity contribution in [2.24, 2.45) is 0 Å². The Hall–Kier alpha value is -2.91. The molecule has 1 aliphatic heterocycles. The van der Waals surface area contributed by atoms with Gasteiger partial charge in [-0.1, -0.05) is 30.3 Å². The van der Waals surface area contributed by atoms with Gasteiger partial charge in [-0.25, -0.2) is 13.2 Å². The lowest BCUT2D eigenvalue weighted by Crippen LogP contribution is -2.52. The maximum Gasteiger partial charge on any atom is 0.319 e. The van der Waals surface area contributed by atoms with Gasteiger partial charge in [-0.15, -0.1) is 0 Å². The number of carbonyl (C=O) groups is 2. The van der Waals surface area contributed by atoms with E-state index in [1.54, 1.807) is 48.2 Å². The number of hydrogen-bond donors (Lipinski definition) is 2. The minimum absolute atomic E-state index is 0.150. The second kappa shape index (κ2) is 9.27.